The molecule has 21 heavy (non-hydrogen) atoms. The second kappa shape index (κ2) is 7.09. The number of aliphatic hydroxyl groups is 1. The third-order valence-electron chi connectivity index (χ3n) is 4.10. The number of hydrogen-bond donors (Lipinski definition) is 1. The Hall–Kier alpha value is -1.33. The van der Waals surface area contributed by atoms with Crippen LogP contribution in [0.25, 0.3) is 10.4 Å². The van der Waals surface area contributed by atoms with Crippen molar-refractivity contribution in [1.29, 1.82) is 0 Å². The average molecular weight is 307 g/mol. The lowest BCUT2D eigenvalue weighted by molar-refractivity contribution is 0.0823. The fourth-order valence-corrected chi connectivity index (χ4v) is 3.13. The normalized spacial score (nSPS) is 15.1. The SMILES string of the molecule is CC(C)(C)[Si](C)(C)O[C@@H](CO)[C@@H](N=[N+]=[N-])c1ccccc1. The van der Waals surface area contributed by atoms with Crippen molar-refractivity contribution in [2.24, 2.45) is 5.11 Å². The second-order valence-corrected chi connectivity index (χ2v) is 11.4. The van der Waals surface area contributed by atoms with Crippen LogP contribution in [0.3, 0.4) is 0 Å². The van der Waals surface area contributed by atoms with Gasteiger partial charge in [0.1, 0.15) is 0 Å². The van der Waals surface area contributed by atoms with Crippen LogP contribution in [0.4, 0.5) is 0 Å². The van der Waals surface area contributed by atoms with Gasteiger partial charge in [0, 0.05) is 4.91 Å². The van der Waals surface area contributed by atoms with Gasteiger partial charge in [-0.05, 0) is 29.2 Å². The van der Waals surface area contributed by atoms with E-state index in [2.05, 4.69) is 43.9 Å². The minimum atomic E-state index is -2.06. The molecule has 2 atom stereocenters. The van der Waals surface area contributed by atoms with Crippen LogP contribution in [0.15, 0.2) is 35.4 Å². The van der Waals surface area contributed by atoms with Crippen molar-refractivity contribution in [3.63, 3.8) is 0 Å². The Balaban J connectivity index is 3.08. The first-order valence-corrected chi connectivity index (χ1v) is 10.0. The van der Waals surface area contributed by atoms with Crippen molar-refractivity contribution in [2.45, 2.75) is 51.0 Å². The maximum atomic E-state index is 9.73. The molecule has 5 nitrogen and oxygen atoms in total. The first-order chi connectivity index (χ1) is 9.73. The minimum absolute atomic E-state index is 0.0258. The van der Waals surface area contributed by atoms with Crippen LogP contribution in [0.5, 0.6) is 0 Å². The molecule has 1 aromatic carbocycles. The zero-order chi connectivity index (χ0) is 16.1. The fourth-order valence-electron chi connectivity index (χ4n) is 1.82. The number of nitrogens with zero attached hydrogens (tertiary/aromatic N) is 3. The predicted octanol–water partition coefficient (Wildman–Crippen LogP) is 4.42. The molecule has 1 rings (SSSR count). The summed E-state index contributed by atoms with van der Waals surface area (Å²) >= 11 is 0. The Morgan fingerprint density at radius 1 is 1.29 bits per heavy atom. The van der Waals surface area contributed by atoms with Crippen LogP contribution >= 0.6 is 0 Å². The Kier molecular flexibility index (Phi) is 5.98. The van der Waals surface area contributed by atoms with Crippen LogP contribution in [0.2, 0.25) is 18.1 Å². The van der Waals surface area contributed by atoms with Gasteiger partial charge in [-0.1, -0.05) is 56.2 Å². The van der Waals surface area contributed by atoms with Crippen molar-refractivity contribution in [1.82, 2.24) is 0 Å². The molecule has 1 N–H and O–H groups in total. The smallest absolute Gasteiger partial charge is 0.192 e. The van der Waals surface area contributed by atoms with Gasteiger partial charge >= 0.3 is 0 Å². The summed E-state index contributed by atoms with van der Waals surface area (Å²) in [6.45, 7) is 10.5. The van der Waals surface area contributed by atoms with Gasteiger partial charge in [0.15, 0.2) is 8.32 Å². The average Bonchev–Trinajstić information content (AvgIpc) is 2.42. The molecule has 0 unspecified atom stereocenters. The molecule has 0 radical (unpaired) electrons. The number of rotatable bonds is 6. The van der Waals surface area contributed by atoms with Crippen molar-refractivity contribution >= 4 is 8.32 Å². The standard InChI is InChI=1S/C15H25N3O2Si/c1-15(2,3)21(4,5)20-13(11-19)14(17-18-16)12-9-7-6-8-10-12/h6-10,13-14,19H,11H2,1-5H3/t13-,14-/m0/s1. The molecule has 1 aromatic rings. The molecule has 0 fully saturated rings. The van der Waals surface area contributed by atoms with Gasteiger partial charge in [0.25, 0.3) is 0 Å². The first-order valence-electron chi connectivity index (χ1n) is 7.11. The Morgan fingerprint density at radius 3 is 2.29 bits per heavy atom. The van der Waals surface area contributed by atoms with Gasteiger partial charge < -0.3 is 9.53 Å². The van der Waals surface area contributed by atoms with E-state index in [1.165, 1.54) is 0 Å². The lowest BCUT2D eigenvalue weighted by atomic mass is 10.0. The van der Waals surface area contributed by atoms with Crippen molar-refractivity contribution in [3.05, 3.63) is 46.3 Å². The summed E-state index contributed by atoms with van der Waals surface area (Å²) in [5, 5.41) is 13.6. The van der Waals surface area contributed by atoms with E-state index >= 15 is 0 Å². The summed E-state index contributed by atoms with van der Waals surface area (Å²) in [4.78, 5) is 2.92. The molecule has 0 spiro atoms. The Bertz CT molecular complexity index is 493. The number of benzene rings is 1. The molecule has 0 aliphatic heterocycles. The van der Waals surface area contributed by atoms with E-state index < -0.39 is 20.5 Å². The maximum Gasteiger partial charge on any atom is 0.192 e. The molecule has 116 valence electrons. The van der Waals surface area contributed by atoms with E-state index in [1.54, 1.807) is 0 Å². The van der Waals surface area contributed by atoms with Gasteiger partial charge in [-0.3, -0.25) is 0 Å². The molecule has 0 aliphatic rings. The van der Waals surface area contributed by atoms with Gasteiger partial charge in [-0.15, -0.1) is 0 Å². The van der Waals surface area contributed by atoms with E-state index in [0.717, 1.165) is 5.56 Å². The van der Waals surface area contributed by atoms with E-state index in [9.17, 15) is 5.11 Å². The maximum absolute atomic E-state index is 9.73. The molecule has 6 heteroatoms. The van der Waals surface area contributed by atoms with E-state index in [0.29, 0.717) is 0 Å². The molecular formula is C15H25N3O2Si. The fraction of sp³-hybridized carbons (Fsp3) is 0.600. The summed E-state index contributed by atoms with van der Waals surface area (Å²) in [7, 11) is -2.06. The third-order valence-corrected chi connectivity index (χ3v) is 8.61. The summed E-state index contributed by atoms with van der Waals surface area (Å²) in [5.74, 6) is 0. The molecule has 0 amide bonds. The number of hydrogen-bond acceptors (Lipinski definition) is 3. The first kappa shape index (κ1) is 17.7. The highest BCUT2D eigenvalue weighted by molar-refractivity contribution is 6.74. The summed E-state index contributed by atoms with van der Waals surface area (Å²) in [5.41, 5.74) is 9.69. The van der Waals surface area contributed by atoms with Crippen LogP contribution in [-0.2, 0) is 4.43 Å². The molecule has 0 saturated carbocycles. The molecule has 0 heterocycles. The molecule has 0 aromatic heterocycles. The largest absolute Gasteiger partial charge is 0.411 e. The highest BCUT2D eigenvalue weighted by Crippen LogP contribution is 2.39. The van der Waals surface area contributed by atoms with E-state index in [-0.39, 0.29) is 11.6 Å². The number of aliphatic hydroxyl groups excluding tert-OH is 1. The van der Waals surface area contributed by atoms with Gasteiger partial charge in [-0.25, -0.2) is 0 Å². The molecule has 0 bridgehead atoms. The number of azide groups is 1. The highest BCUT2D eigenvalue weighted by Gasteiger charge is 2.40. The van der Waals surface area contributed by atoms with Crippen molar-refractivity contribution < 1.29 is 9.53 Å². The molecule has 0 aliphatic carbocycles. The minimum Gasteiger partial charge on any atom is -0.411 e. The van der Waals surface area contributed by atoms with Gasteiger partial charge in [0.05, 0.1) is 18.8 Å². The van der Waals surface area contributed by atoms with Crippen molar-refractivity contribution in [3.8, 4) is 0 Å². The highest BCUT2D eigenvalue weighted by atomic mass is 28.4. The Labute approximate surface area is 127 Å². The van der Waals surface area contributed by atoms with E-state index in [4.69, 9.17) is 9.96 Å². The lowest BCUT2D eigenvalue weighted by Crippen LogP contribution is -2.46. The summed E-state index contributed by atoms with van der Waals surface area (Å²) in [6.07, 6.45) is -0.524. The molecular weight excluding hydrogens is 282 g/mol. The van der Waals surface area contributed by atoms with Crippen LogP contribution in [-0.4, -0.2) is 26.1 Å². The Morgan fingerprint density at radius 2 is 1.86 bits per heavy atom. The third kappa shape index (κ3) is 4.57. The zero-order valence-corrected chi connectivity index (χ0v) is 14.4. The summed E-state index contributed by atoms with van der Waals surface area (Å²) in [6, 6.07) is 8.93. The zero-order valence-electron chi connectivity index (χ0n) is 13.4. The van der Waals surface area contributed by atoms with Crippen LogP contribution in [0.1, 0.15) is 32.4 Å². The van der Waals surface area contributed by atoms with Crippen LogP contribution in [0, 0.1) is 0 Å². The topological polar surface area (TPSA) is 78.2 Å². The van der Waals surface area contributed by atoms with E-state index in [1.807, 2.05) is 30.3 Å². The van der Waals surface area contributed by atoms with Crippen LogP contribution < -0.4 is 0 Å². The summed E-state index contributed by atoms with van der Waals surface area (Å²) < 4.78 is 6.24. The monoisotopic (exact) mass is 307 g/mol. The quantitative estimate of drug-likeness (QED) is 0.365. The second-order valence-electron chi connectivity index (χ2n) is 6.66. The lowest BCUT2D eigenvalue weighted by Gasteiger charge is -2.40. The predicted molar refractivity (Wildman–Crippen MR) is 87.5 cm³/mol. The molecule has 0 saturated heterocycles. The van der Waals surface area contributed by atoms with Crippen molar-refractivity contribution in [2.75, 3.05) is 6.61 Å². The van der Waals surface area contributed by atoms with Gasteiger partial charge in [0.2, 0.25) is 0 Å². The van der Waals surface area contributed by atoms with Gasteiger partial charge in [-0.2, -0.15) is 0 Å².